The first-order valence-corrected chi connectivity index (χ1v) is 9.67. The van der Waals surface area contributed by atoms with Crippen LogP contribution in [-0.4, -0.2) is 46.1 Å². The Morgan fingerprint density at radius 1 is 1.00 bits per heavy atom. The molecule has 0 saturated heterocycles. The Morgan fingerprint density at radius 2 is 1.61 bits per heavy atom. The molecule has 0 spiro atoms. The van der Waals surface area contributed by atoms with Crippen molar-refractivity contribution in [1.29, 1.82) is 0 Å². The molecule has 1 unspecified atom stereocenters. The van der Waals surface area contributed by atoms with Crippen molar-refractivity contribution in [2.24, 2.45) is 0 Å². The van der Waals surface area contributed by atoms with Crippen molar-refractivity contribution in [2.45, 2.75) is 31.7 Å². The minimum absolute atomic E-state index is 0.230. The Morgan fingerprint density at radius 3 is 2.21 bits per heavy atom. The van der Waals surface area contributed by atoms with Crippen LogP contribution in [0.4, 0.5) is 0 Å². The number of amides is 2. The molecule has 0 saturated carbocycles. The number of carbonyl (C=O) groups excluding carboxylic acids is 2. The third-order valence-corrected chi connectivity index (χ3v) is 5.04. The molecule has 5 nitrogen and oxygen atoms in total. The number of nitrogens with zero attached hydrogens (tertiary/aromatic N) is 2. The maximum absolute atomic E-state index is 12.8. The van der Waals surface area contributed by atoms with Crippen molar-refractivity contribution in [3.8, 4) is 0 Å². The fraction of sp³-hybridized carbons (Fsp3) is 0.304. The first kappa shape index (κ1) is 20.0. The molecule has 2 aromatic carbocycles. The molecule has 1 aliphatic rings. The number of aryl methyl sites for hydroxylation is 1. The Balaban J connectivity index is 1.63. The predicted molar refractivity (Wildman–Crippen MR) is 108 cm³/mol. The maximum Gasteiger partial charge on any atom is 0.261 e. The van der Waals surface area contributed by atoms with E-state index in [0.717, 1.165) is 12.8 Å². The van der Waals surface area contributed by atoms with E-state index in [0.29, 0.717) is 30.5 Å². The number of rotatable bonds is 10. The predicted octanol–water partition coefficient (Wildman–Crippen LogP) is 3.94. The molecule has 0 bridgehead atoms. The molecule has 2 amide bonds. The van der Waals surface area contributed by atoms with E-state index < -0.39 is 6.04 Å². The first-order valence-electron chi connectivity index (χ1n) is 9.67. The van der Waals surface area contributed by atoms with Gasteiger partial charge in [0.2, 0.25) is 0 Å². The Bertz CT molecular complexity index is 800. The number of benzene rings is 2. The summed E-state index contributed by atoms with van der Waals surface area (Å²) in [4.78, 5) is 26.8. The van der Waals surface area contributed by atoms with Gasteiger partial charge in [-0.2, -0.15) is 5.06 Å². The van der Waals surface area contributed by atoms with E-state index in [1.54, 1.807) is 30.3 Å². The smallest absolute Gasteiger partial charge is 0.261 e. The Labute approximate surface area is 165 Å². The molecule has 1 heterocycles. The highest BCUT2D eigenvalue weighted by atomic mass is 16.5. The largest absolute Gasteiger partial charge is 0.314 e. The maximum atomic E-state index is 12.8. The van der Waals surface area contributed by atoms with Gasteiger partial charge in [0.1, 0.15) is 0 Å². The molecule has 1 N–H and O–H groups in total. The fourth-order valence-corrected chi connectivity index (χ4v) is 3.60. The first-order chi connectivity index (χ1) is 13.6. The lowest BCUT2D eigenvalue weighted by molar-refractivity contribution is -0.102. The number of fused-ring (bicyclic) bond motifs is 1. The zero-order chi connectivity index (χ0) is 19.9. The van der Waals surface area contributed by atoms with Crippen LogP contribution < -0.4 is 0 Å². The molecule has 1 aliphatic heterocycles. The van der Waals surface area contributed by atoms with Crippen molar-refractivity contribution in [3.63, 3.8) is 0 Å². The summed E-state index contributed by atoms with van der Waals surface area (Å²) in [5.74, 6) is -0.570. The summed E-state index contributed by atoms with van der Waals surface area (Å²) in [5, 5.41) is 11.6. The van der Waals surface area contributed by atoms with E-state index in [2.05, 4.69) is 18.7 Å². The van der Waals surface area contributed by atoms with Gasteiger partial charge in [0.05, 0.1) is 17.2 Å². The summed E-state index contributed by atoms with van der Waals surface area (Å²) < 4.78 is 0. The van der Waals surface area contributed by atoms with Crippen LogP contribution in [0.2, 0.25) is 0 Å². The molecular formula is C23H26N2O3. The van der Waals surface area contributed by atoms with E-state index in [-0.39, 0.29) is 18.4 Å². The molecule has 146 valence electrons. The summed E-state index contributed by atoms with van der Waals surface area (Å²) in [7, 11) is 0. The van der Waals surface area contributed by atoms with Crippen molar-refractivity contribution in [3.05, 3.63) is 83.9 Å². The molecule has 28 heavy (non-hydrogen) atoms. The molecule has 2 aromatic rings. The molecule has 0 aliphatic carbocycles. The average Bonchev–Trinajstić information content (AvgIpc) is 2.97. The van der Waals surface area contributed by atoms with E-state index in [1.807, 2.05) is 18.2 Å². The quantitative estimate of drug-likeness (QED) is 0.386. The molecule has 0 radical (unpaired) electrons. The molecular weight excluding hydrogens is 352 g/mol. The second kappa shape index (κ2) is 9.44. The standard InChI is InChI=1S/C23H26N2O3/c1-2-3-13-19(17-24(28)16-9-12-18-10-5-4-6-11-18)25-22(26)20-14-7-8-15-21(20)23(25)27/h2,4-8,10-11,14-15,19,28H,1,3,9,12-13,16-17H2. The van der Waals surface area contributed by atoms with Gasteiger partial charge in [0.15, 0.2) is 0 Å². The summed E-state index contributed by atoms with van der Waals surface area (Å²) in [6.45, 7) is 4.44. The van der Waals surface area contributed by atoms with Gasteiger partial charge < -0.3 is 5.21 Å². The van der Waals surface area contributed by atoms with Crippen LogP contribution in [0.15, 0.2) is 67.3 Å². The second-order valence-electron chi connectivity index (χ2n) is 7.05. The normalized spacial score (nSPS) is 14.4. The van der Waals surface area contributed by atoms with E-state index in [4.69, 9.17) is 0 Å². The number of hydrogen-bond acceptors (Lipinski definition) is 4. The number of imide groups is 1. The highest BCUT2D eigenvalue weighted by Crippen LogP contribution is 2.26. The zero-order valence-corrected chi connectivity index (χ0v) is 16.0. The number of carbonyl (C=O) groups is 2. The third kappa shape index (κ3) is 4.55. The SMILES string of the molecule is C=CCCC(CN(O)CCCc1ccccc1)N1C(=O)c2ccccc2C1=O. The van der Waals surface area contributed by atoms with Crippen LogP contribution in [-0.2, 0) is 6.42 Å². The van der Waals surface area contributed by atoms with Crippen LogP contribution in [0.5, 0.6) is 0 Å². The van der Waals surface area contributed by atoms with Crippen LogP contribution in [0.1, 0.15) is 45.5 Å². The van der Waals surface area contributed by atoms with Gasteiger partial charge in [0.25, 0.3) is 11.8 Å². The molecule has 0 fully saturated rings. The number of hydroxylamine groups is 2. The average molecular weight is 378 g/mol. The summed E-state index contributed by atoms with van der Waals surface area (Å²) in [6, 6.07) is 16.6. The molecule has 5 heteroatoms. The molecule has 1 atom stereocenters. The fourth-order valence-electron chi connectivity index (χ4n) is 3.60. The minimum Gasteiger partial charge on any atom is -0.314 e. The lowest BCUT2D eigenvalue weighted by Gasteiger charge is -2.29. The van der Waals surface area contributed by atoms with E-state index in [9.17, 15) is 14.8 Å². The van der Waals surface area contributed by atoms with Crippen LogP contribution >= 0.6 is 0 Å². The van der Waals surface area contributed by atoms with Crippen molar-refractivity contribution >= 4 is 11.8 Å². The van der Waals surface area contributed by atoms with Crippen LogP contribution in [0.25, 0.3) is 0 Å². The van der Waals surface area contributed by atoms with Crippen LogP contribution in [0.3, 0.4) is 0 Å². The van der Waals surface area contributed by atoms with Crippen LogP contribution in [0, 0.1) is 0 Å². The Kier molecular flexibility index (Phi) is 6.74. The summed E-state index contributed by atoms with van der Waals surface area (Å²) >= 11 is 0. The van der Waals surface area contributed by atoms with E-state index in [1.165, 1.54) is 15.5 Å². The topological polar surface area (TPSA) is 60.9 Å². The number of allylic oxidation sites excluding steroid dienone is 1. The Hall–Kier alpha value is -2.76. The minimum atomic E-state index is -0.396. The van der Waals surface area contributed by atoms with Gasteiger partial charge in [-0.1, -0.05) is 48.5 Å². The van der Waals surface area contributed by atoms with Gasteiger partial charge in [-0.15, -0.1) is 6.58 Å². The number of hydrogen-bond donors (Lipinski definition) is 1. The van der Waals surface area contributed by atoms with Crippen molar-refractivity contribution < 1.29 is 14.8 Å². The van der Waals surface area contributed by atoms with Gasteiger partial charge in [-0.3, -0.25) is 14.5 Å². The monoisotopic (exact) mass is 378 g/mol. The summed E-state index contributed by atoms with van der Waals surface area (Å²) in [5.41, 5.74) is 2.09. The summed E-state index contributed by atoms with van der Waals surface area (Å²) in [6.07, 6.45) is 4.65. The third-order valence-electron chi connectivity index (χ3n) is 5.04. The van der Waals surface area contributed by atoms with E-state index >= 15 is 0 Å². The zero-order valence-electron chi connectivity index (χ0n) is 16.0. The highest BCUT2D eigenvalue weighted by Gasteiger charge is 2.39. The van der Waals surface area contributed by atoms with Crippen molar-refractivity contribution in [1.82, 2.24) is 9.96 Å². The van der Waals surface area contributed by atoms with Gasteiger partial charge in [-0.05, 0) is 43.4 Å². The highest BCUT2D eigenvalue weighted by molar-refractivity contribution is 6.21. The lowest BCUT2D eigenvalue weighted by Crippen LogP contribution is -2.46. The lowest BCUT2D eigenvalue weighted by atomic mass is 10.1. The van der Waals surface area contributed by atoms with Gasteiger partial charge in [-0.25, -0.2) is 0 Å². The van der Waals surface area contributed by atoms with Gasteiger partial charge >= 0.3 is 0 Å². The molecule has 3 rings (SSSR count). The van der Waals surface area contributed by atoms with Crippen molar-refractivity contribution in [2.75, 3.05) is 13.1 Å². The second-order valence-corrected chi connectivity index (χ2v) is 7.05. The molecule has 0 aromatic heterocycles. The van der Waals surface area contributed by atoms with Gasteiger partial charge in [0, 0.05) is 13.1 Å².